The number of benzene rings is 1. The van der Waals surface area contributed by atoms with Crippen LogP contribution in [0.1, 0.15) is 49.3 Å². The minimum Gasteiger partial charge on any atom is -0.387 e. The van der Waals surface area contributed by atoms with E-state index < -0.39 is 6.10 Å². The van der Waals surface area contributed by atoms with Crippen LogP contribution in [0.4, 0.5) is 0 Å². The van der Waals surface area contributed by atoms with Gasteiger partial charge < -0.3 is 14.9 Å². The Kier molecular flexibility index (Phi) is 5.66. The fourth-order valence-corrected chi connectivity index (χ4v) is 3.88. The predicted molar refractivity (Wildman–Crippen MR) is 91.0 cm³/mol. The van der Waals surface area contributed by atoms with Crippen molar-refractivity contribution in [1.82, 2.24) is 9.80 Å². The molecule has 0 spiro atoms. The second kappa shape index (κ2) is 7.92. The van der Waals surface area contributed by atoms with Crippen LogP contribution in [-0.2, 0) is 0 Å². The fraction of sp³-hybridized carbons (Fsp3) is 0.632. The van der Waals surface area contributed by atoms with Gasteiger partial charge in [-0.3, -0.25) is 0 Å². The van der Waals surface area contributed by atoms with Crippen molar-refractivity contribution in [3.63, 3.8) is 0 Å². The molecule has 0 aromatic heterocycles. The van der Waals surface area contributed by atoms with Gasteiger partial charge in [0.05, 0.1) is 17.7 Å². The standard InChI is InChI=1S/C19H27N3O/c20-14-16-4-6-17(7-5-16)19(23)15-21-12-8-18(9-13-21)22-10-2-1-3-11-22/h4-7,18-19,23H,1-3,8-13,15H2. The molecule has 0 bridgehead atoms. The van der Waals surface area contributed by atoms with Gasteiger partial charge in [-0.2, -0.15) is 5.26 Å². The summed E-state index contributed by atoms with van der Waals surface area (Å²) in [4.78, 5) is 5.06. The number of hydrogen-bond donors (Lipinski definition) is 1. The summed E-state index contributed by atoms with van der Waals surface area (Å²) < 4.78 is 0. The maximum atomic E-state index is 10.4. The van der Waals surface area contributed by atoms with Crippen LogP contribution >= 0.6 is 0 Å². The molecule has 0 aliphatic carbocycles. The number of nitrogens with zero attached hydrogens (tertiary/aromatic N) is 3. The van der Waals surface area contributed by atoms with Crippen LogP contribution < -0.4 is 0 Å². The van der Waals surface area contributed by atoms with Gasteiger partial charge in [0.2, 0.25) is 0 Å². The molecule has 1 unspecified atom stereocenters. The van der Waals surface area contributed by atoms with Crippen molar-refractivity contribution >= 4 is 0 Å². The Morgan fingerprint density at radius 1 is 1.04 bits per heavy atom. The van der Waals surface area contributed by atoms with E-state index in [-0.39, 0.29) is 0 Å². The summed E-state index contributed by atoms with van der Waals surface area (Å²) >= 11 is 0. The van der Waals surface area contributed by atoms with Gasteiger partial charge >= 0.3 is 0 Å². The lowest BCUT2D eigenvalue weighted by molar-refractivity contribution is 0.0601. The first kappa shape index (κ1) is 16.4. The van der Waals surface area contributed by atoms with Crippen LogP contribution in [0.3, 0.4) is 0 Å². The van der Waals surface area contributed by atoms with Gasteiger partial charge in [-0.25, -0.2) is 0 Å². The van der Waals surface area contributed by atoms with E-state index in [1.807, 2.05) is 12.1 Å². The van der Waals surface area contributed by atoms with Gasteiger partial charge in [0.25, 0.3) is 0 Å². The molecule has 1 N–H and O–H groups in total. The van der Waals surface area contributed by atoms with Crippen molar-refractivity contribution in [3.05, 3.63) is 35.4 Å². The van der Waals surface area contributed by atoms with E-state index in [1.165, 1.54) is 45.2 Å². The molecule has 1 aromatic rings. The first-order valence-corrected chi connectivity index (χ1v) is 8.91. The molecule has 0 amide bonds. The maximum Gasteiger partial charge on any atom is 0.0991 e. The van der Waals surface area contributed by atoms with E-state index in [2.05, 4.69) is 15.9 Å². The molecule has 1 aromatic carbocycles. The van der Waals surface area contributed by atoms with Crippen LogP contribution in [0, 0.1) is 11.3 Å². The lowest BCUT2D eigenvalue weighted by Gasteiger charge is -2.40. The number of β-amino-alcohol motifs (C(OH)–C–C–N with tert-alkyl or cyclic N) is 1. The minimum absolute atomic E-state index is 0.464. The smallest absolute Gasteiger partial charge is 0.0991 e. The molecule has 2 aliphatic heterocycles. The fourth-order valence-electron chi connectivity index (χ4n) is 3.88. The van der Waals surface area contributed by atoms with Crippen molar-refractivity contribution in [3.8, 4) is 6.07 Å². The highest BCUT2D eigenvalue weighted by Crippen LogP contribution is 2.23. The number of rotatable bonds is 4. The molecule has 1 atom stereocenters. The van der Waals surface area contributed by atoms with Crippen molar-refractivity contribution in [1.29, 1.82) is 5.26 Å². The van der Waals surface area contributed by atoms with Gasteiger partial charge in [-0.05, 0) is 69.6 Å². The maximum absolute atomic E-state index is 10.4. The molecule has 2 heterocycles. The average molecular weight is 313 g/mol. The second-order valence-corrected chi connectivity index (χ2v) is 6.88. The molecule has 3 rings (SSSR count). The van der Waals surface area contributed by atoms with Gasteiger partial charge in [-0.1, -0.05) is 18.6 Å². The van der Waals surface area contributed by atoms with Crippen molar-refractivity contribution < 1.29 is 5.11 Å². The highest BCUT2D eigenvalue weighted by molar-refractivity contribution is 5.32. The lowest BCUT2D eigenvalue weighted by atomic mass is 9.99. The molecule has 0 saturated carbocycles. The zero-order valence-electron chi connectivity index (χ0n) is 13.8. The summed E-state index contributed by atoms with van der Waals surface area (Å²) in [5, 5.41) is 19.3. The van der Waals surface area contributed by atoms with E-state index in [1.54, 1.807) is 12.1 Å². The Hall–Kier alpha value is -1.41. The molecule has 4 heteroatoms. The summed E-state index contributed by atoms with van der Waals surface area (Å²) in [6.07, 6.45) is 6.09. The lowest BCUT2D eigenvalue weighted by Crippen LogP contribution is -2.47. The van der Waals surface area contributed by atoms with E-state index in [4.69, 9.17) is 5.26 Å². The summed E-state index contributed by atoms with van der Waals surface area (Å²) in [7, 11) is 0. The van der Waals surface area contributed by atoms with Gasteiger partial charge in [0, 0.05) is 12.6 Å². The quantitative estimate of drug-likeness (QED) is 0.928. The van der Waals surface area contributed by atoms with Crippen LogP contribution in [0.15, 0.2) is 24.3 Å². The SMILES string of the molecule is N#Cc1ccc(C(O)CN2CCC(N3CCCCC3)CC2)cc1. The molecule has 23 heavy (non-hydrogen) atoms. The third-order valence-electron chi connectivity index (χ3n) is 5.32. The third kappa shape index (κ3) is 4.32. The van der Waals surface area contributed by atoms with Crippen LogP contribution in [0.2, 0.25) is 0 Å². The van der Waals surface area contributed by atoms with Gasteiger partial charge in [0.15, 0.2) is 0 Å². The first-order valence-electron chi connectivity index (χ1n) is 8.91. The number of nitriles is 1. The molecule has 0 radical (unpaired) electrons. The zero-order valence-corrected chi connectivity index (χ0v) is 13.8. The van der Waals surface area contributed by atoms with Crippen LogP contribution in [0.5, 0.6) is 0 Å². The number of aliphatic hydroxyl groups excluding tert-OH is 1. The molecular weight excluding hydrogens is 286 g/mol. The van der Waals surface area contributed by atoms with E-state index in [9.17, 15) is 5.11 Å². The molecule has 2 fully saturated rings. The summed E-state index contributed by atoms with van der Waals surface area (Å²) in [5.74, 6) is 0. The molecule has 4 nitrogen and oxygen atoms in total. The monoisotopic (exact) mass is 313 g/mol. The Labute approximate surface area is 139 Å². The number of likely N-dealkylation sites (tertiary alicyclic amines) is 2. The largest absolute Gasteiger partial charge is 0.387 e. The zero-order chi connectivity index (χ0) is 16.1. The number of aliphatic hydroxyl groups is 1. The summed E-state index contributed by atoms with van der Waals surface area (Å²) in [5.41, 5.74) is 1.55. The summed E-state index contributed by atoms with van der Waals surface area (Å²) in [6.45, 7) is 5.40. The molecular formula is C19H27N3O. The summed E-state index contributed by atoms with van der Waals surface area (Å²) in [6, 6.07) is 10.1. The van der Waals surface area contributed by atoms with E-state index in [0.29, 0.717) is 12.1 Å². The average Bonchev–Trinajstić information content (AvgIpc) is 2.63. The van der Waals surface area contributed by atoms with Gasteiger partial charge in [0.1, 0.15) is 0 Å². The van der Waals surface area contributed by atoms with Gasteiger partial charge in [-0.15, -0.1) is 0 Å². The van der Waals surface area contributed by atoms with Crippen molar-refractivity contribution in [2.45, 2.75) is 44.2 Å². The number of hydrogen-bond acceptors (Lipinski definition) is 4. The minimum atomic E-state index is -0.464. The molecule has 2 aliphatic rings. The highest BCUT2D eigenvalue weighted by Gasteiger charge is 2.26. The van der Waals surface area contributed by atoms with Crippen molar-refractivity contribution in [2.75, 3.05) is 32.7 Å². The molecule has 124 valence electrons. The second-order valence-electron chi connectivity index (χ2n) is 6.88. The Morgan fingerprint density at radius 2 is 1.70 bits per heavy atom. The third-order valence-corrected chi connectivity index (χ3v) is 5.32. The Morgan fingerprint density at radius 3 is 2.30 bits per heavy atom. The van der Waals surface area contributed by atoms with Crippen LogP contribution in [0.25, 0.3) is 0 Å². The van der Waals surface area contributed by atoms with E-state index >= 15 is 0 Å². The topological polar surface area (TPSA) is 50.5 Å². The highest BCUT2D eigenvalue weighted by atomic mass is 16.3. The predicted octanol–water partition coefficient (Wildman–Crippen LogP) is 2.54. The van der Waals surface area contributed by atoms with Crippen molar-refractivity contribution in [2.24, 2.45) is 0 Å². The Balaban J connectivity index is 1.47. The van der Waals surface area contributed by atoms with E-state index in [0.717, 1.165) is 24.7 Å². The first-order chi connectivity index (χ1) is 11.3. The normalized spacial score (nSPS) is 22.6. The number of piperidine rings is 2. The molecule has 2 saturated heterocycles. The van der Waals surface area contributed by atoms with Crippen LogP contribution in [-0.4, -0.2) is 53.7 Å². The Bertz CT molecular complexity index is 523.